The number of nitrogens with zero attached hydrogens (tertiary/aromatic N) is 1. The molecule has 4 nitrogen and oxygen atoms in total. The minimum atomic E-state index is -0.0671. The maximum Gasteiger partial charge on any atom is 0.242 e. The summed E-state index contributed by atoms with van der Waals surface area (Å²) < 4.78 is 0. The van der Waals surface area contributed by atoms with E-state index in [-0.39, 0.29) is 11.9 Å². The summed E-state index contributed by atoms with van der Waals surface area (Å²) in [7, 11) is 0. The van der Waals surface area contributed by atoms with Gasteiger partial charge in [-0.1, -0.05) is 0 Å². The van der Waals surface area contributed by atoms with Crippen molar-refractivity contribution in [3.63, 3.8) is 0 Å². The molecule has 2 N–H and O–H groups in total. The van der Waals surface area contributed by atoms with Crippen molar-refractivity contribution in [2.45, 2.75) is 13.0 Å². The molecule has 1 amide bonds. The van der Waals surface area contributed by atoms with Crippen molar-refractivity contribution in [1.82, 2.24) is 10.3 Å². The second-order valence-corrected chi connectivity index (χ2v) is 4.48. The van der Waals surface area contributed by atoms with Crippen LogP contribution < -0.4 is 10.6 Å². The topological polar surface area (TPSA) is 54.0 Å². The Hall–Kier alpha value is -1.07. The van der Waals surface area contributed by atoms with Gasteiger partial charge in [0.05, 0.1) is 6.04 Å². The zero-order valence-electron chi connectivity index (χ0n) is 8.49. The zero-order valence-corrected chi connectivity index (χ0v) is 9.30. The number of hydrogen-bond acceptors (Lipinski definition) is 4. The zero-order chi connectivity index (χ0) is 10.7. The lowest BCUT2D eigenvalue weighted by Crippen LogP contribution is -2.37. The maximum atomic E-state index is 11.8. The van der Waals surface area contributed by atoms with Crippen LogP contribution in [-0.2, 0) is 4.79 Å². The van der Waals surface area contributed by atoms with E-state index in [1.54, 1.807) is 24.2 Å². The Labute approximate surface area is 92.9 Å². The first-order valence-electron chi connectivity index (χ1n) is 4.80. The molecule has 0 radical (unpaired) electrons. The number of amides is 1. The van der Waals surface area contributed by atoms with Crippen LogP contribution in [0.3, 0.4) is 0 Å². The predicted molar refractivity (Wildman–Crippen MR) is 61.9 cm³/mol. The molecule has 0 aromatic carbocycles. The van der Waals surface area contributed by atoms with Crippen LogP contribution >= 0.6 is 11.8 Å². The summed E-state index contributed by atoms with van der Waals surface area (Å²) in [5, 5.41) is 6.03. The van der Waals surface area contributed by atoms with Gasteiger partial charge >= 0.3 is 0 Å². The number of aryl methyl sites for hydroxylation is 1. The van der Waals surface area contributed by atoms with Gasteiger partial charge < -0.3 is 5.32 Å². The van der Waals surface area contributed by atoms with E-state index in [4.69, 9.17) is 0 Å². The highest BCUT2D eigenvalue weighted by molar-refractivity contribution is 7.99. The second kappa shape index (κ2) is 4.63. The van der Waals surface area contributed by atoms with Gasteiger partial charge in [-0.2, -0.15) is 0 Å². The van der Waals surface area contributed by atoms with Crippen molar-refractivity contribution in [2.24, 2.45) is 0 Å². The molecule has 1 aliphatic heterocycles. The Kier molecular flexibility index (Phi) is 3.23. The van der Waals surface area contributed by atoms with Gasteiger partial charge in [0.2, 0.25) is 5.91 Å². The molecule has 0 saturated carbocycles. The molecule has 2 heterocycles. The lowest BCUT2D eigenvalue weighted by Gasteiger charge is -2.11. The molecule has 2 rings (SSSR count). The van der Waals surface area contributed by atoms with Crippen LogP contribution in [0.15, 0.2) is 18.5 Å². The van der Waals surface area contributed by atoms with Crippen molar-refractivity contribution in [1.29, 1.82) is 0 Å². The number of nitrogens with one attached hydrogen (secondary N) is 2. The van der Waals surface area contributed by atoms with Crippen LogP contribution in [0.25, 0.3) is 0 Å². The monoisotopic (exact) mass is 223 g/mol. The minimum absolute atomic E-state index is 0.0364. The number of carbonyl (C=O) groups is 1. The van der Waals surface area contributed by atoms with Gasteiger partial charge in [-0.05, 0) is 18.6 Å². The number of carbonyl (C=O) groups excluding carboxylic acids is 1. The third-order valence-electron chi connectivity index (χ3n) is 2.31. The Morgan fingerprint density at radius 2 is 2.60 bits per heavy atom. The highest BCUT2D eigenvalue weighted by Gasteiger charge is 2.22. The van der Waals surface area contributed by atoms with Crippen molar-refractivity contribution in [3.8, 4) is 0 Å². The Morgan fingerprint density at radius 3 is 3.27 bits per heavy atom. The molecular formula is C10H13N3OS. The molecule has 1 fully saturated rings. The number of aromatic nitrogens is 1. The van der Waals surface area contributed by atoms with E-state index in [0.29, 0.717) is 0 Å². The number of hydrogen-bond donors (Lipinski definition) is 2. The molecule has 1 aliphatic rings. The first-order valence-corrected chi connectivity index (χ1v) is 5.95. The molecule has 0 spiro atoms. The quantitative estimate of drug-likeness (QED) is 0.785. The molecule has 0 aliphatic carbocycles. The molecule has 80 valence electrons. The van der Waals surface area contributed by atoms with E-state index in [9.17, 15) is 4.79 Å². The fourth-order valence-electron chi connectivity index (χ4n) is 1.40. The summed E-state index contributed by atoms with van der Waals surface area (Å²) in [6, 6.07) is 1.75. The van der Waals surface area contributed by atoms with Crippen molar-refractivity contribution < 1.29 is 4.79 Å². The number of rotatable bonds is 2. The smallest absolute Gasteiger partial charge is 0.242 e. The molecule has 1 aromatic rings. The molecule has 1 atom stereocenters. The summed E-state index contributed by atoms with van der Waals surface area (Å²) in [6.45, 7) is 1.93. The van der Waals surface area contributed by atoms with Gasteiger partial charge in [0.25, 0.3) is 0 Å². The summed E-state index contributed by atoms with van der Waals surface area (Å²) in [6.07, 6.45) is 3.42. The van der Waals surface area contributed by atoms with Crippen LogP contribution in [0.4, 0.5) is 5.69 Å². The van der Waals surface area contributed by atoms with E-state index in [1.165, 1.54) is 0 Å². The summed E-state index contributed by atoms with van der Waals surface area (Å²) in [4.78, 5) is 15.7. The van der Waals surface area contributed by atoms with E-state index in [1.807, 2.05) is 13.0 Å². The SMILES string of the molecule is Cc1cnccc1NC(=O)C1CSCN1. The summed E-state index contributed by atoms with van der Waals surface area (Å²) >= 11 is 1.74. The fraction of sp³-hybridized carbons (Fsp3) is 0.400. The third kappa shape index (κ3) is 2.49. The number of anilines is 1. The lowest BCUT2D eigenvalue weighted by molar-refractivity contribution is -0.117. The number of pyridine rings is 1. The normalized spacial score (nSPS) is 20.2. The second-order valence-electron chi connectivity index (χ2n) is 3.45. The van der Waals surface area contributed by atoms with Crippen molar-refractivity contribution >= 4 is 23.4 Å². The van der Waals surface area contributed by atoms with E-state index < -0.39 is 0 Å². The first kappa shape index (κ1) is 10.4. The van der Waals surface area contributed by atoms with Crippen LogP contribution in [-0.4, -0.2) is 28.6 Å². The average Bonchev–Trinajstić information content (AvgIpc) is 2.74. The Morgan fingerprint density at radius 1 is 1.73 bits per heavy atom. The molecule has 1 aromatic heterocycles. The summed E-state index contributed by atoms with van der Waals surface area (Å²) in [5.41, 5.74) is 1.82. The predicted octanol–water partition coefficient (Wildman–Crippen LogP) is 0.991. The summed E-state index contributed by atoms with van der Waals surface area (Å²) in [5.74, 6) is 1.73. The van der Waals surface area contributed by atoms with Gasteiger partial charge in [0.15, 0.2) is 0 Å². The van der Waals surface area contributed by atoms with Crippen molar-refractivity contribution in [2.75, 3.05) is 16.9 Å². The average molecular weight is 223 g/mol. The number of thioether (sulfide) groups is 1. The van der Waals surface area contributed by atoms with Crippen LogP contribution in [0.5, 0.6) is 0 Å². The van der Waals surface area contributed by atoms with Gasteiger partial charge in [-0.15, -0.1) is 11.8 Å². The molecule has 1 unspecified atom stereocenters. The largest absolute Gasteiger partial charge is 0.324 e. The molecule has 15 heavy (non-hydrogen) atoms. The van der Waals surface area contributed by atoms with Gasteiger partial charge in [0, 0.05) is 29.7 Å². The Balaban J connectivity index is 2.02. The molecular weight excluding hydrogens is 210 g/mol. The van der Waals surface area contributed by atoms with Crippen LogP contribution in [0.1, 0.15) is 5.56 Å². The highest BCUT2D eigenvalue weighted by Crippen LogP contribution is 2.15. The molecule has 1 saturated heterocycles. The van der Waals surface area contributed by atoms with E-state index >= 15 is 0 Å². The van der Waals surface area contributed by atoms with Crippen LogP contribution in [0, 0.1) is 6.92 Å². The van der Waals surface area contributed by atoms with Gasteiger partial charge in [-0.25, -0.2) is 0 Å². The van der Waals surface area contributed by atoms with Crippen molar-refractivity contribution in [3.05, 3.63) is 24.0 Å². The van der Waals surface area contributed by atoms with Gasteiger partial charge in [0.1, 0.15) is 0 Å². The molecule has 5 heteroatoms. The minimum Gasteiger partial charge on any atom is -0.324 e. The maximum absolute atomic E-state index is 11.8. The third-order valence-corrected chi connectivity index (χ3v) is 3.25. The lowest BCUT2D eigenvalue weighted by atomic mass is 10.2. The standard InChI is InChI=1S/C10H13N3OS/c1-7-4-11-3-2-8(7)13-10(14)9-5-15-6-12-9/h2-4,9,12H,5-6H2,1H3,(H,11,13,14). The Bertz CT molecular complexity index is 363. The molecule has 0 bridgehead atoms. The van der Waals surface area contributed by atoms with E-state index in [2.05, 4.69) is 15.6 Å². The highest BCUT2D eigenvalue weighted by atomic mass is 32.2. The van der Waals surface area contributed by atoms with Gasteiger partial charge in [-0.3, -0.25) is 15.1 Å². The fourth-order valence-corrected chi connectivity index (χ4v) is 2.34. The van der Waals surface area contributed by atoms with E-state index in [0.717, 1.165) is 22.9 Å². The first-order chi connectivity index (χ1) is 7.27. The van der Waals surface area contributed by atoms with Crippen LogP contribution in [0.2, 0.25) is 0 Å².